The number of fused-ring (bicyclic) bond motifs is 7. The van der Waals surface area contributed by atoms with Gasteiger partial charge in [0.2, 0.25) is 0 Å². The molecule has 2 aliphatic carbocycles. The molecule has 2 heteroatoms. The quantitative estimate of drug-likeness (QED) is 0.182. The molecule has 54 heavy (non-hydrogen) atoms. The second kappa shape index (κ2) is 12.9. The Labute approximate surface area is 319 Å². The fourth-order valence-electron chi connectivity index (χ4n) is 8.82. The van der Waals surface area contributed by atoms with E-state index in [9.17, 15) is 5.11 Å². The lowest BCUT2D eigenvalue weighted by Crippen LogP contribution is -2.08. The van der Waals surface area contributed by atoms with Crippen molar-refractivity contribution in [2.75, 3.05) is 0 Å². The lowest BCUT2D eigenvalue weighted by atomic mass is 9.77. The van der Waals surface area contributed by atoms with Crippen LogP contribution in [-0.4, -0.2) is 5.11 Å². The summed E-state index contributed by atoms with van der Waals surface area (Å²) in [7, 11) is 0. The summed E-state index contributed by atoms with van der Waals surface area (Å²) in [6, 6.07) is 43.0. The van der Waals surface area contributed by atoms with Crippen molar-refractivity contribution in [3.8, 4) is 39.1 Å². The van der Waals surface area contributed by atoms with Crippen molar-refractivity contribution < 1.29 is 5.11 Å². The van der Waals surface area contributed by atoms with E-state index in [4.69, 9.17) is 0 Å². The monoisotopic (exact) mass is 708 g/mol. The molecule has 10 rings (SSSR count). The molecular weight excluding hydrogens is 673 g/mol. The summed E-state index contributed by atoms with van der Waals surface area (Å²) in [5.74, 6) is 0.671. The molecule has 1 atom stereocenters. The largest absolute Gasteiger partial charge is 0.507 e. The zero-order chi connectivity index (χ0) is 36.3. The van der Waals surface area contributed by atoms with Crippen LogP contribution >= 0.6 is 11.3 Å². The summed E-state index contributed by atoms with van der Waals surface area (Å²) in [5.41, 5.74) is 12.7. The second-order valence-corrected chi connectivity index (χ2v) is 15.3. The third-order valence-corrected chi connectivity index (χ3v) is 12.4. The molecule has 1 heterocycles. The fraction of sp³-hybridized carbons (Fsp3) is 0.0385. The van der Waals surface area contributed by atoms with Gasteiger partial charge in [-0.15, -0.1) is 11.3 Å². The van der Waals surface area contributed by atoms with Gasteiger partial charge in [-0.2, -0.15) is 0 Å². The number of aromatic hydroxyl groups is 1. The minimum Gasteiger partial charge on any atom is -0.507 e. The molecule has 256 valence electrons. The first-order chi connectivity index (χ1) is 26.6. The van der Waals surface area contributed by atoms with Crippen LogP contribution in [0, 0.1) is 5.92 Å². The Hall–Kier alpha value is -6.48. The van der Waals surface area contributed by atoms with Gasteiger partial charge in [0.05, 0.1) is 0 Å². The zero-order valence-electron chi connectivity index (χ0n) is 29.7. The van der Waals surface area contributed by atoms with Gasteiger partial charge in [-0.1, -0.05) is 153 Å². The van der Waals surface area contributed by atoms with E-state index < -0.39 is 0 Å². The first kappa shape index (κ1) is 32.2. The van der Waals surface area contributed by atoms with Crippen LogP contribution in [0.2, 0.25) is 0 Å². The molecule has 7 aromatic carbocycles. The summed E-state index contributed by atoms with van der Waals surface area (Å²) in [6.07, 6.45) is 18.4. The van der Waals surface area contributed by atoms with Gasteiger partial charge in [-0.25, -0.2) is 0 Å². The number of hydrogen-bond donors (Lipinski definition) is 1. The molecule has 0 bridgehead atoms. The van der Waals surface area contributed by atoms with E-state index in [1.807, 2.05) is 42.5 Å². The Bertz CT molecular complexity index is 3000. The molecule has 8 aromatic rings. The molecule has 0 spiro atoms. The molecule has 0 aliphatic heterocycles. The van der Waals surface area contributed by atoms with Crippen molar-refractivity contribution in [1.82, 2.24) is 0 Å². The van der Waals surface area contributed by atoms with Gasteiger partial charge in [0.1, 0.15) is 5.75 Å². The van der Waals surface area contributed by atoms with E-state index in [2.05, 4.69) is 141 Å². The molecule has 0 saturated heterocycles. The van der Waals surface area contributed by atoms with Crippen molar-refractivity contribution >= 4 is 70.8 Å². The maximum Gasteiger partial charge on any atom is 0.124 e. The SMILES string of the molecule is C=Cc1c(C=C)c(-c2cccc(-c3ccc4sc5ccc6ccc(O)c(-c7ccccc7)c6c5c4c3)c2)c2ccccc2c1C1=CC=C2C=CC=CC2C1. The van der Waals surface area contributed by atoms with Crippen LogP contribution in [0.5, 0.6) is 5.75 Å². The molecule has 0 radical (unpaired) electrons. The Morgan fingerprint density at radius 2 is 1.28 bits per heavy atom. The van der Waals surface area contributed by atoms with Crippen LogP contribution in [-0.2, 0) is 0 Å². The van der Waals surface area contributed by atoms with E-state index in [1.54, 1.807) is 11.3 Å². The average molecular weight is 709 g/mol. The van der Waals surface area contributed by atoms with Gasteiger partial charge in [-0.05, 0) is 109 Å². The molecule has 1 aromatic heterocycles. The highest BCUT2D eigenvalue weighted by Gasteiger charge is 2.24. The number of thiophene rings is 1. The van der Waals surface area contributed by atoms with E-state index in [1.165, 1.54) is 53.2 Å². The maximum atomic E-state index is 11.3. The third kappa shape index (κ3) is 5.06. The van der Waals surface area contributed by atoms with Crippen LogP contribution in [0.4, 0.5) is 0 Å². The highest BCUT2D eigenvalue weighted by Crippen LogP contribution is 2.48. The van der Waals surface area contributed by atoms with Crippen molar-refractivity contribution in [1.29, 1.82) is 0 Å². The Balaban J connectivity index is 1.16. The number of phenolic OH excluding ortho intramolecular Hbond substituents is 1. The van der Waals surface area contributed by atoms with Crippen LogP contribution in [0.25, 0.3) is 92.8 Å². The van der Waals surface area contributed by atoms with Gasteiger partial charge >= 0.3 is 0 Å². The van der Waals surface area contributed by atoms with Crippen molar-refractivity contribution in [2.45, 2.75) is 6.42 Å². The van der Waals surface area contributed by atoms with Crippen molar-refractivity contribution in [3.05, 3.63) is 193 Å². The minimum absolute atomic E-state index is 0.295. The van der Waals surface area contributed by atoms with Crippen LogP contribution in [0.1, 0.15) is 23.1 Å². The summed E-state index contributed by atoms with van der Waals surface area (Å²) in [5, 5.41) is 18.3. The summed E-state index contributed by atoms with van der Waals surface area (Å²) >= 11 is 1.80. The van der Waals surface area contributed by atoms with E-state index in [0.717, 1.165) is 56.1 Å². The van der Waals surface area contributed by atoms with Crippen molar-refractivity contribution in [3.63, 3.8) is 0 Å². The normalized spacial score (nSPS) is 15.1. The number of phenols is 1. The Morgan fingerprint density at radius 3 is 2.11 bits per heavy atom. The first-order valence-corrected chi connectivity index (χ1v) is 19.3. The predicted molar refractivity (Wildman–Crippen MR) is 235 cm³/mol. The van der Waals surface area contributed by atoms with Crippen LogP contribution < -0.4 is 0 Å². The number of rotatable bonds is 6. The zero-order valence-corrected chi connectivity index (χ0v) is 30.5. The molecule has 1 nitrogen and oxygen atoms in total. The molecule has 1 unspecified atom stereocenters. The Morgan fingerprint density at radius 1 is 0.574 bits per heavy atom. The molecule has 2 aliphatic rings. The number of benzene rings is 7. The van der Waals surface area contributed by atoms with Gasteiger partial charge in [-0.3, -0.25) is 0 Å². The van der Waals surface area contributed by atoms with Crippen molar-refractivity contribution in [2.24, 2.45) is 5.92 Å². The number of hydrogen-bond acceptors (Lipinski definition) is 2. The molecule has 1 N–H and O–H groups in total. The van der Waals surface area contributed by atoms with Gasteiger partial charge in [0, 0.05) is 37.0 Å². The van der Waals surface area contributed by atoms with E-state index in [0.29, 0.717) is 11.7 Å². The highest BCUT2D eigenvalue weighted by molar-refractivity contribution is 7.26. The number of allylic oxidation sites excluding steroid dienone is 8. The molecular formula is C52H36OS. The maximum absolute atomic E-state index is 11.3. The van der Waals surface area contributed by atoms with Gasteiger partial charge in [0.15, 0.2) is 0 Å². The lowest BCUT2D eigenvalue weighted by molar-refractivity contribution is 0.478. The predicted octanol–water partition coefficient (Wildman–Crippen LogP) is 14.8. The standard InChI is InChI=1S/C52H36OS/c1-3-40-41(4-2)49(39-22-21-32-13-8-9-16-35(32)29-39)43-20-11-10-19-42(43)48(40)38-18-12-17-36(30-38)37-25-27-46-44(31-37)52-47(54-46)28-24-34-23-26-45(53)50(51(34)52)33-14-6-5-7-15-33/h3-28,30-31,35,53H,1-2,29H2. The van der Waals surface area contributed by atoms with Gasteiger partial charge in [0.25, 0.3) is 0 Å². The summed E-state index contributed by atoms with van der Waals surface area (Å²) in [4.78, 5) is 0. The summed E-state index contributed by atoms with van der Waals surface area (Å²) in [6.45, 7) is 8.72. The molecule has 0 amide bonds. The topological polar surface area (TPSA) is 20.2 Å². The average Bonchev–Trinajstić information content (AvgIpc) is 3.61. The second-order valence-electron chi connectivity index (χ2n) is 14.2. The first-order valence-electron chi connectivity index (χ1n) is 18.5. The summed E-state index contributed by atoms with van der Waals surface area (Å²) < 4.78 is 2.44. The lowest BCUT2D eigenvalue weighted by Gasteiger charge is -2.26. The minimum atomic E-state index is 0.295. The smallest absolute Gasteiger partial charge is 0.124 e. The highest BCUT2D eigenvalue weighted by atomic mass is 32.1. The third-order valence-electron chi connectivity index (χ3n) is 11.3. The fourth-order valence-corrected chi connectivity index (χ4v) is 9.91. The van der Waals surface area contributed by atoms with Crippen LogP contribution in [0.15, 0.2) is 177 Å². The van der Waals surface area contributed by atoms with E-state index in [-0.39, 0.29) is 0 Å². The van der Waals surface area contributed by atoms with Gasteiger partial charge < -0.3 is 5.11 Å². The Kier molecular flexibility index (Phi) is 7.68. The van der Waals surface area contributed by atoms with Crippen LogP contribution in [0.3, 0.4) is 0 Å². The molecule has 0 fully saturated rings. The van der Waals surface area contributed by atoms with E-state index >= 15 is 0 Å². The molecule has 0 saturated carbocycles.